The van der Waals surface area contributed by atoms with Gasteiger partial charge in [0.25, 0.3) is 0 Å². The van der Waals surface area contributed by atoms with Crippen LogP contribution in [0.15, 0.2) is 36.5 Å². The molecule has 64 valence electrons. The first-order chi connectivity index (χ1) is 5.52. The van der Waals surface area contributed by atoms with Gasteiger partial charge >= 0.3 is 0 Å². The van der Waals surface area contributed by atoms with E-state index >= 15 is 0 Å². The van der Waals surface area contributed by atoms with Crippen LogP contribution in [0.5, 0.6) is 0 Å². The highest BCUT2D eigenvalue weighted by molar-refractivity contribution is 5.34. The molecule has 0 aromatic carbocycles. The van der Waals surface area contributed by atoms with Gasteiger partial charge in [0, 0.05) is 10.8 Å². The van der Waals surface area contributed by atoms with E-state index in [9.17, 15) is 0 Å². The first-order valence-corrected chi connectivity index (χ1v) is 4.59. The molecule has 0 atom stereocenters. The summed E-state index contributed by atoms with van der Waals surface area (Å²) >= 11 is 0. The summed E-state index contributed by atoms with van der Waals surface area (Å²) in [5.74, 6) is 0. The zero-order chi connectivity index (χ0) is 8.82. The lowest BCUT2D eigenvalue weighted by molar-refractivity contribution is 0.362. The second kappa shape index (κ2) is 2.12. The molecule has 0 bridgehead atoms. The molecule has 0 N–H and O–H groups in total. The standard InChI is InChI=1S/C12H16/c1-10-8-12(9-10)6-4-11(2,3)5-7-12/h4-7H,1,8-9H2,2-3H3. The molecule has 0 amide bonds. The van der Waals surface area contributed by atoms with E-state index in [0.717, 1.165) is 12.8 Å². The smallest absolute Gasteiger partial charge is 0.0136 e. The van der Waals surface area contributed by atoms with Crippen molar-refractivity contribution in [3.8, 4) is 0 Å². The van der Waals surface area contributed by atoms with E-state index in [0.29, 0.717) is 5.41 Å². The lowest BCUT2D eigenvalue weighted by Crippen LogP contribution is -2.29. The number of allylic oxidation sites excluding steroid dienone is 5. The van der Waals surface area contributed by atoms with Crippen molar-refractivity contribution < 1.29 is 0 Å². The van der Waals surface area contributed by atoms with Crippen molar-refractivity contribution in [2.45, 2.75) is 26.7 Å². The van der Waals surface area contributed by atoms with Crippen molar-refractivity contribution in [3.05, 3.63) is 36.5 Å². The van der Waals surface area contributed by atoms with Gasteiger partial charge in [0.2, 0.25) is 0 Å². The van der Waals surface area contributed by atoms with Gasteiger partial charge in [-0.15, -0.1) is 0 Å². The summed E-state index contributed by atoms with van der Waals surface area (Å²) in [6.07, 6.45) is 11.7. The van der Waals surface area contributed by atoms with Gasteiger partial charge in [-0.25, -0.2) is 0 Å². The highest BCUT2D eigenvalue weighted by Crippen LogP contribution is 2.50. The van der Waals surface area contributed by atoms with Crippen molar-refractivity contribution in [1.82, 2.24) is 0 Å². The molecule has 0 heterocycles. The van der Waals surface area contributed by atoms with Crippen LogP contribution in [0.25, 0.3) is 0 Å². The highest BCUT2D eigenvalue weighted by Gasteiger charge is 2.37. The van der Waals surface area contributed by atoms with Crippen molar-refractivity contribution in [2.24, 2.45) is 10.8 Å². The van der Waals surface area contributed by atoms with Crippen LogP contribution >= 0.6 is 0 Å². The van der Waals surface area contributed by atoms with Crippen LogP contribution in [0.4, 0.5) is 0 Å². The Morgan fingerprint density at radius 2 is 1.58 bits per heavy atom. The van der Waals surface area contributed by atoms with Gasteiger partial charge in [-0.3, -0.25) is 0 Å². The molecule has 2 rings (SSSR count). The van der Waals surface area contributed by atoms with E-state index in [4.69, 9.17) is 0 Å². The first kappa shape index (κ1) is 7.85. The molecule has 0 nitrogen and oxygen atoms in total. The second-order valence-corrected chi connectivity index (χ2v) is 4.82. The van der Waals surface area contributed by atoms with Crippen LogP contribution in [0.3, 0.4) is 0 Å². The molecule has 0 aromatic rings. The average Bonchev–Trinajstić information content (AvgIpc) is 1.92. The first-order valence-electron chi connectivity index (χ1n) is 4.59. The van der Waals surface area contributed by atoms with Crippen molar-refractivity contribution in [1.29, 1.82) is 0 Å². The van der Waals surface area contributed by atoms with Gasteiger partial charge in [-0.2, -0.15) is 0 Å². The van der Waals surface area contributed by atoms with E-state index in [2.05, 4.69) is 44.7 Å². The molecule has 2 aliphatic carbocycles. The third-order valence-electron chi connectivity index (χ3n) is 2.85. The maximum Gasteiger partial charge on any atom is 0.0136 e. The maximum absolute atomic E-state index is 3.98. The van der Waals surface area contributed by atoms with E-state index in [1.807, 2.05) is 0 Å². The predicted octanol–water partition coefficient (Wildman–Crippen LogP) is 3.48. The molecule has 1 fully saturated rings. The van der Waals surface area contributed by atoms with Crippen LogP contribution in [0.2, 0.25) is 0 Å². The molecule has 0 unspecified atom stereocenters. The maximum atomic E-state index is 3.98. The largest absolute Gasteiger partial charge is 0.0998 e. The van der Waals surface area contributed by atoms with E-state index < -0.39 is 0 Å². The fourth-order valence-electron chi connectivity index (χ4n) is 1.99. The zero-order valence-electron chi connectivity index (χ0n) is 7.93. The molecule has 1 spiro atoms. The molecule has 1 saturated carbocycles. The summed E-state index contributed by atoms with van der Waals surface area (Å²) in [6.45, 7) is 8.45. The number of rotatable bonds is 0. The minimum Gasteiger partial charge on any atom is -0.0998 e. The molecule has 0 aliphatic heterocycles. The Kier molecular flexibility index (Phi) is 1.39. The van der Waals surface area contributed by atoms with Crippen LogP contribution in [0, 0.1) is 10.8 Å². The Morgan fingerprint density at radius 3 is 2.00 bits per heavy atom. The van der Waals surface area contributed by atoms with E-state index in [1.165, 1.54) is 5.57 Å². The van der Waals surface area contributed by atoms with Gasteiger partial charge in [-0.05, 0) is 12.8 Å². The molecule has 12 heavy (non-hydrogen) atoms. The summed E-state index contributed by atoms with van der Waals surface area (Å²) in [5.41, 5.74) is 2.03. The van der Waals surface area contributed by atoms with Crippen molar-refractivity contribution >= 4 is 0 Å². The van der Waals surface area contributed by atoms with Crippen LogP contribution in [-0.4, -0.2) is 0 Å². The summed E-state index contributed by atoms with van der Waals surface area (Å²) < 4.78 is 0. The van der Waals surface area contributed by atoms with Gasteiger partial charge in [0.1, 0.15) is 0 Å². The van der Waals surface area contributed by atoms with Gasteiger partial charge in [-0.1, -0.05) is 50.3 Å². The highest BCUT2D eigenvalue weighted by atomic mass is 14.4. The molecular formula is C12H16. The zero-order valence-corrected chi connectivity index (χ0v) is 7.93. The second-order valence-electron chi connectivity index (χ2n) is 4.82. The average molecular weight is 160 g/mol. The Balaban J connectivity index is 2.17. The Morgan fingerprint density at radius 1 is 1.08 bits per heavy atom. The third-order valence-corrected chi connectivity index (χ3v) is 2.85. The van der Waals surface area contributed by atoms with Crippen molar-refractivity contribution in [2.75, 3.05) is 0 Å². The monoisotopic (exact) mass is 160 g/mol. The summed E-state index contributed by atoms with van der Waals surface area (Å²) in [4.78, 5) is 0. The number of hydrogen-bond donors (Lipinski definition) is 0. The molecule has 0 radical (unpaired) electrons. The van der Waals surface area contributed by atoms with Crippen LogP contribution in [-0.2, 0) is 0 Å². The SMILES string of the molecule is C=C1CC2(C=CC(C)(C)C=C2)C1. The molecule has 2 aliphatic rings. The van der Waals surface area contributed by atoms with E-state index in [-0.39, 0.29) is 5.41 Å². The van der Waals surface area contributed by atoms with Gasteiger partial charge < -0.3 is 0 Å². The fourth-order valence-corrected chi connectivity index (χ4v) is 1.99. The number of hydrogen-bond acceptors (Lipinski definition) is 0. The summed E-state index contributed by atoms with van der Waals surface area (Å²) in [5, 5.41) is 0. The molecule has 0 aromatic heterocycles. The Bertz CT molecular complexity index is 250. The minimum absolute atomic E-state index is 0.266. The Hall–Kier alpha value is -0.780. The lowest BCUT2D eigenvalue weighted by atomic mass is 9.62. The predicted molar refractivity (Wildman–Crippen MR) is 52.9 cm³/mol. The molecule has 0 saturated heterocycles. The lowest BCUT2D eigenvalue weighted by Gasteiger charge is -2.42. The van der Waals surface area contributed by atoms with Gasteiger partial charge in [0.15, 0.2) is 0 Å². The van der Waals surface area contributed by atoms with Crippen molar-refractivity contribution in [3.63, 3.8) is 0 Å². The third kappa shape index (κ3) is 1.16. The van der Waals surface area contributed by atoms with Gasteiger partial charge in [0.05, 0.1) is 0 Å². The Labute approximate surface area is 74.7 Å². The molecular weight excluding hydrogens is 144 g/mol. The molecule has 0 heteroatoms. The summed E-state index contributed by atoms with van der Waals surface area (Å²) in [7, 11) is 0. The fraction of sp³-hybridized carbons (Fsp3) is 0.500. The van der Waals surface area contributed by atoms with Crippen LogP contribution < -0.4 is 0 Å². The normalized spacial score (nSPS) is 29.0. The summed E-state index contributed by atoms with van der Waals surface area (Å²) in [6, 6.07) is 0. The topological polar surface area (TPSA) is 0 Å². The van der Waals surface area contributed by atoms with E-state index in [1.54, 1.807) is 0 Å². The van der Waals surface area contributed by atoms with Crippen LogP contribution in [0.1, 0.15) is 26.7 Å². The quantitative estimate of drug-likeness (QED) is 0.476. The minimum atomic E-state index is 0.266.